The third kappa shape index (κ3) is 7.66. The molecule has 2 rings (SSSR count). The van der Waals surface area contributed by atoms with Crippen molar-refractivity contribution < 1.29 is 13.7 Å². The van der Waals surface area contributed by atoms with Crippen LogP contribution < -0.4 is 0 Å². The Kier molecular flexibility index (Phi) is 11.4. The molecule has 2 fully saturated rings. The van der Waals surface area contributed by atoms with E-state index >= 15 is 0 Å². The molecule has 1 saturated carbocycles. The summed E-state index contributed by atoms with van der Waals surface area (Å²) < 4.78 is 12.9. The number of hydrogen-bond donors (Lipinski definition) is 0. The molecule has 1 unspecified atom stereocenters. The van der Waals surface area contributed by atoms with E-state index in [0.717, 1.165) is 45.2 Å². The molecule has 0 aromatic rings. The van der Waals surface area contributed by atoms with Crippen LogP contribution >= 0.6 is 25.7 Å². The topological polar surface area (TPSA) is 65.6 Å². The molecule has 2 aliphatic rings. The van der Waals surface area contributed by atoms with E-state index in [1.165, 1.54) is 12.2 Å². The van der Waals surface area contributed by atoms with Crippen LogP contribution in [0.25, 0.3) is 0 Å². The fourth-order valence-electron chi connectivity index (χ4n) is 3.47. The molecule has 1 amide bonds. The normalized spacial score (nSPS) is 23.9. The minimum absolute atomic E-state index is 0. The van der Waals surface area contributed by atoms with Crippen LogP contribution in [-0.2, 0) is 13.7 Å². The Balaban J connectivity index is 0.00000364. The Bertz CT molecular complexity index is 527. The first-order valence-corrected chi connectivity index (χ1v) is 10.3. The highest BCUT2D eigenvalue weighted by Crippen LogP contribution is 2.31. The highest BCUT2D eigenvalue weighted by atomic mass is 32.2. The van der Waals surface area contributed by atoms with Gasteiger partial charge < -0.3 is 9.64 Å². The summed E-state index contributed by atoms with van der Waals surface area (Å²) in [6.45, 7) is 7.19. The molecule has 1 heterocycles. The van der Waals surface area contributed by atoms with Crippen molar-refractivity contribution in [1.82, 2.24) is 9.21 Å². The zero-order chi connectivity index (χ0) is 18.9. The van der Waals surface area contributed by atoms with Crippen LogP contribution in [0.15, 0.2) is 11.6 Å². The van der Waals surface area contributed by atoms with Gasteiger partial charge in [-0.15, -0.1) is 0 Å². The van der Waals surface area contributed by atoms with Crippen molar-refractivity contribution in [3.63, 3.8) is 0 Å². The second kappa shape index (κ2) is 12.7. The summed E-state index contributed by atoms with van der Waals surface area (Å²) in [7, 11) is 1.77. The lowest BCUT2D eigenvalue weighted by Gasteiger charge is -2.38. The lowest BCUT2D eigenvalue weighted by molar-refractivity contribution is -0.130. The van der Waals surface area contributed by atoms with E-state index in [1.54, 1.807) is 13.2 Å². The smallest absolute Gasteiger partial charge is 0.264 e. The molecule has 0 bridgehead atoms. The predicted octanol–water partition coefficient (Wildman–Crippen LogP) is 3.28. The van der Waals surface area contributed by atoms with Gasteiger partial charge in [-0.1, -0.05) is 6.92 Å². The van der Waals surface area contributed by atoms with Gasteiger partial charge in [-0.2, -0.15) is 18.8 Å². The van der Waals surface area contributed by atoms with Gasteiger partial charge in [0.15, 0.2) is 0 Å². The van der Waals surface area contributed by atoms with Crippen molar-refractivity contribution in [2.24, 2.45) is 5.92 Å². The van der Waals surface area contributed by atoms with Gasteiger partial charge in [-0.05, 0) is 51.0 Å². The molecule has 1 aliphatic carbocycles. The number of ether oxygens (including phenoxy) is 1. The van der Waals surface area contributed by atoms with Crippen molar-refractivity contribution in [3.8, 4) is 6.07 Å². The molecule has 0 radical (unpaired) electrons. The van der Waals surface area contributed by atoms with Crippen LogP contribution in [-0.4, -0.2) is 60.6 Å². The molecule has 154 valence electrons. The van der Waals surface area contributed by atoms with E-state index in [4.69, 9.17) is 8.92 Å². The van der Waals surface area contributed by atoms with Crippen molar-refractivity contribution in [1.29, 1.82) is 5.26 Å². The van der Waals surface area contributed by atoms with Crippen molar-refractivity contribution in [3.05, 3.63) is 11.6 Å². The van der Waals surface area contributed by atoms with Gasteiger partial charge in [0.2, 0.25) is 0 Å². The summed E-state index contributed by atoms with van der Waals surface area (Å²) in [5.74, 6) is 0.294. The number of methoxy groups -OCH3 is 1. The summed E-state index contributed by atoms with van der Waals surface area (Å²) in [6.07, 6.45) is 7.05. The van der Waals surface area contributed by atoms with Crippen molar-refractivity contribution >= 4 is 31.6 Å². The summed E-state index contributed by atoms with van der Waals surface area (Å²) >= 11 is 1.30. The molecule has 27 heavy (non-hydrogen) atoms. The standard InChI is InChI=1S/C19H31N3O3S.H2S/c1-4-10-22(15(2)16-5-7-18(24-3)8-6-16)19(23)17(14-20)9-13-25-26-21-11-12-21;/h9,15-16,18H,4-8,10-13H2,1-3H3;1H2/b17-9+;. The van der Waals surface area contributed by atoms with Crippen molar-refractivity contribution in [2.75, 3.05) is 33.4 Å². The SMILES string of the molecule is CCCN(C(=O)/C(C#N)=C/COSN1CC1)C(C)C1CCC(OC)CC1.S. The lowest BCUT2D eigenvalue weighted by atomic mass is 9.82. The van der Waals surface area contributed by atoms with Crippen LogP contribution in [0.2, 0.25) is 0 Å². The van der Waals surface area contributed by atoms with E-state index in [1.807, 2.05) is 4.90 Å². The molecule has 0 spiro atoms. The Morgan fingerprint density at radius 3 is 2.56 bits per heavy atom. The van der Waals surface area contributed by atoms with E-state index in [2.05, 4.69) is 24.2 Å². The summed E-state index contributed by atoms with van der Waals surface area (Å²) in [4.78, 5) is 14.8. The molecule has 1 aliphatic heterocycles. The number of carbonyl (C=O) groups is 1. The molecule has 0 N–H and O–H groups in total. The van der Waals surface area contributed by atoms with Gasteiger partial charge in [-0.25, -0.2) is 4.31 Å². The summed E-state index contributed by atoms with van der Waals surface area (Å²) in [5.41, 5.74) is 0.183. The number of nitrogens with zero attached hydrogens (tertiary/aromatic N) is 3. The Labute approximate surface area is 175 Å². The summed E-state index contributed by atoms with van der Waals surface area (Å²) in [5, 5.41) is 9.44. The zero-order valence-electron chi connectivity index (χ0n) is 16.6. The average molecular weight is 416 g/mol. The Morgan fingerprint density at radius 2 is 2.04 bits per heavy atom. The third-order valence-corrected chi connectivity index (χ3v) is 6.04. The van der Waals surface area contributed by atoms with Crippen LogP contribution in [0.5, 0.6) is 0 Å². The maximum Gasteiger partial charge on any atom is 0.264 e. The fourth-order valence-corrected chi connectivity index (χ4v) is 3.97. The monoisotopic (exact) mass is 415 g/mol. The van der Waals surface area contributed by atoms with E-state index in [0.29, 0.717) is 18.6 Å². The van der Waals surface area contributed by atoms with Gasteiger partial charge >= 0.3 is 0 Å². The molecular weight excluding hydrogens is 382 g/mol. The third-order valence-electron chi connectivity index (χ3n) is 5.22. The number of carbonyl (C=O) groups excluding carboxylic acids is 1. The van der Waals surface area contributed by atoms with Crippen molar-refractivity contribution in [2.45, 2.75) is 58.1 Å². The highest BCUT2D eigenvalue weighted by molar-refractivity contribution is 7.92. The van der Waals surface area contributed by atoms with Crippen LogP contribution in [0.4, 0.5) is 0 Å². The molecule has 8 heteroatoms. The maximum atomic E-state index is 12.9. The van der Waals surface area contributed by atoms with Gasteiger partial charge in [0.1, 0.15) is 11.6 Å². The van der Waals surface area contributed by atoms with Gasteiger partial charge in [0, 0.05) is 32.8 Å². The molecular formula is C19H33N3O3S2. The number of amides is 1. The number of nitriles is 1. The molecule has 1 saturated heterocycles. The van der Waals surface area contributed by atoms with Crippen LogP contribution in [0, 0.1) is 17.2 Å². The molecule has 6 nitrogen and oxygen atoms in total. The van der Waals surface area contributed by atoms with E-state index in [9.17, 15) is 10.1 Å². The van der Waals surface area contributed by atoms with Crippen LogP contribution in [0.1, 0.15) is 46.0 Å². The van der Waals surface area contributed by atoms with E-state index in [-0.39, 0.29) is 37.6 Å². The lowest BCUT2D eigenvalue weighted by Crippen LogP contribution is -2.45. The minimum atomic E-state index is -0.170. The van der Waals surface area contributed by atoms with E-state index < -0.39 is 0 Å². The maximum absolute atomic E-state index is 12.9. The van der Waals surface area contributed by atoms with Crippen LogP contribution in [0.3, 0.4) is 0 Å². The second-order valence-corrected chi connectivity index (χ2v) is 7.93. The molecule has 0 aromatic carbocycles. The Morgan fingerprint density at radius 1 is 1.37 bits per heavy atom. The van der Waals surface area contributed by atoms with Gasteiger partial charge in [-0.3, -0.25) is 8.98 Å². The summed E-state index contributed by atoms with van der Waals surface area (Å²) in [6, 6.07) is 2.20. The first-order valence-electron chi connectivity index (χ1n) is 9.59. The first-order chi connectivity index (χ1) is 12.6. The quantitative estimate of drug-likeness (QED) is 0.136. The fraction of sp³-hybridized carbons (Fsp3) is 0.789. The minimum Gasteiger partial charge on any atom is -0.381 e. The highest BCUT2D eigenvalue weighted by Gasteiger charge is 2.31. The number of hydrogen-bond acceptors (Lipinski definition) is 6. The molecule has 0 aromatic heterocycles. The van der Waals surface area contributed by atoms with Gasteiger partial charge in [0.05, 0.1) is 24.9 Å². The predicted molar refractivity (Wildman–Crippen MR) is 113 cm³/mol. The second-order valence-electron chi connectivity index (χ2n) is 7.03. The van der Waals surface area contributed by atoms with Gasteiger partial charge in [0.25, 0.3) is 5.91 Å². The Hall–Kier alpha value is -0.720. The largest absolute Gasteiger partial charge is 0.381 e. The molecule has 1 atom stereocenters. The zero-order valence-corrected chi connectivity index (χ0v) is 18.5. The first kappa shape index (κ1) is 24.3. The number of rotatable bonds is 10. The average Bonchev–Trinajstić information content (AvgIpc) is 3.49.